The van der Waals surface area contributed by atoms with Crippen molar-refractivity contribution in [2.24, 2.45) is 10.9 Å². The Kier molecular flexibility index (Phi) is 6.29. The van der Waals surface area contributed by atoms with Gasteiger partial charge in [-0.05, 0) is 45.0 Å². The van der Waals surface area contributed by atoms with Crippen molar-refractivity contribution in [1.82, 2.24) is 15.1 Å². The summed E-state index contributed by atoms with van der Waals surface area (Å²) < 4.78 is 27.4. The van der Waals surface area contributed by atoms with Gasteiger partial charge < -0.3 is 20.0 Å². The highest BCUT2D eigenvalue weighted by Crippen LogP contribution is 2.22. The molecular formula is C19H29F2N5. The van der Waals surface area contributed by atoms with Gasteiger partial charge in [0.2, 0.25) is 0 Å². The molecule has 0 saturated carbocycles. The fourth-order valence-corrected chi connectivity index (χ4v) is 3.70. The molecule has 2 aliphatic heterocycles. The van der Waals surface area contributed by atoms with E-state index in [1.54, 1.807) is 0 Å². The van der Waals surface area contributed by atoms with Crippen molar-refractivity contribution in [2.45, 2.75) is 13.3 Å². The van der Waals surface area contributed by atoms with Crippen molar-refractivity contribution < 1.29 is 8.78 Å². The Labute approximate surface area is 154 Å². The molecule has 144 valence electrons. The summed E-state index contributed by atoms with van der Waals surface area (Å²) in [5.41, 5.74) is 0.348. The lowest BCUT2D eigenvalue weighted by atomic mass is 10.1. The smallest absolute Gasteiger partial charge is 0.194 e. The third kappa shape index (κ3) is 4.63. The number of likely N-dealkylation sites (tertiary alicyclic amines) is 1. The molecule has 0 amide bonds. The number of rotatable bonds is 4. The highest BCUT2D eigenvalue weighted by Gasteiger charge is 2.23. The molecule has 1 aromatic carbocycles. The van der Waals surface area contributed by atoms with E-state index in [0.29, 0.717) is 24.7 Å². The second kappa shape index (κ2) is 8.66. The van der Waals surface area contributed by atoms with E-state index in [4.69, 9.17) is 4.99 Å². The molecule has 7 heteroatoms. The van der Waals surface area contributed by atoms with Crippen molar-refractivity contribution in [3.63, 3.8) is 0 Å². The first-order chi connectivity index (χ1) is 12.6. The van der Waals surface area contributed by atoms with Crippen LogP contribution in [0.25, 0.3) is 0 Å². The van der Waals surface area contributed by atoms with Gasteiger partial charge in [0.15, 0.2) is 5.96 Å². The van der Waals surface area contributed by atoms with Crippen LogP contribution in [0.1, 0.15) is 13.3 Å². The van der Waals surface area contributed by atoms with Gasteiger partial charge in [-0.1, -0.05) is 0 Å². The number of anilines is 1. The van der Waals surface area contributed by atoms with E-state index in [0.717, 1.165) is 51.3 Å². The van der Waals surface area contributed by atoms with E-state index in [9.17, 15) is 8.78 Å². The Hall–Kier alpha value is -1.89. The molecule has 5 nitrogen and oxygen atoms in total. The van der Waals surface area contributed by atoms with E-state index in [1.165, 1.54) is 18.6 Å². The number of aliphatic imine (C=N–C) groups is 1. The minimum Gasteiger partial charge on any atom is -0.366 e. The van der Waals surface area contributed by atoms with Crippen molar-refractivity contribution in [2.75, 3.05) is 64.3 Å². The lowest BCUT2D eigenvalue weighted by molar-refractivity contribution is 0.367. The maximum atomic E-state index is 14.0. The van der Waals surface area contributed by atoms with Gasteiger partial charge >= 0.3 is 0 Å². The van der Waals surface area contributed by atoms with Crippen molar-refractivity contribution in [1.29, 1.82) is 0 Å². The molecule has 0 spiro atoms. The zero-order valence-corrected chi connectivity index (χ0v) is 15.7. The number of guanidine groups is 1. The molecule has 2 saturated heterocycles. The summed E-state index contributed by atoms with van der Waals surface area (Å²) in [5, 5.41) is 3.37. The predicted octanol–water partition coefficient (Wildman–Crippen LogP) is 2.00. The summed E-state index contributed by atoms with van der Waals surface area (Å²) >= 11 is 0. The van der Waals surface area contributed by atoms with Gasteiger partial charge in [0.1, 0.15) is 11.6 Å². The van der Waals surface area contributed by atoms with Crippen LogP contribution in [0.4, 0.5) is 14.5 Å². The van der Waals surface area contributed by atoms with Gasteiger partial charge in [-0.3, -0.25) is 4.99 Å². The number of nitrogens with one attached hydrogen (secondary N) is 1. The lowest BCUT2D eigenvalue weighted by Crippen LogP contribution is -2.52. The summed E-state index contributed by atoms with van der Waals surface area (Å²) in [7, 11) is 2.15. The second-order valence-corrected chi connectivity index (χ2v) is 7.18. The summed E-state index contributed by atoms with van der Waals surface area (Å²) in [6.45, 7) is 8.77. The molecule has 0 radical (unpaired) electrons. The number of hydrogen-bond acceptors (Lipinski definition) is 3. The zero-order chi connectivity index (χ0) is 18.5. The molecule has 1 N–H and O–H groups in total. The summed E-state index contributed by atoms with van der Waals surface area (Å²) in [4.78, 5) is 11.3. The molecular weight excluding hydrogens is 336 g/mol. The highest BCUT2D eigenvalue weighted by atomic mass is 19.1. The van der Waals surface area contributed by atoms with Crippen molar-refractivity contribution >= 4 is 11.6 Å². The molecule has 1 unspecified atom stereocenters. The highest BCUT2D eigenvalue weighted by molar-refractivity contribution is 5.80. The molecule has 1 atom stereocenters. The van der Waals surface area contributed by atoms with Crippen molar-refractivity contribution in [3.05, 3.63) is 29.8 Å². The molecule has 0 bridgehead atoms. The largest absolute Gasteiger partial charge is 0.366 e. The Balaban J connectivity index is 1.59. The van der Waals surface area contributed by atoms with Gasteiger partial charge in [0.05, 0.1) is 5.69 Å². The van der Waals surface area contributed by atoms with Crippen LogP contribution >= 0.6 is 0 Å². The number of benzene rings is 1. The average molecular weight is 365 g/mol. The summed E-state index contributed by atoms with van der Waals surface area (Å²) in [6, 6.07) is 3.63. The van der Waals surface area contributed by atoms with Gasteiger partial charge in [-0.2, -0.15) is 0 Å². The fraction of sp³-hybridized carbons (Fsp3) is 0.632. The molecule has 2 heterocycles. The minimum atomic E-state index is -0.403. The summed E-state index contributed by atoms with van der Waals surface area (Å²) in [6.07, 6.45) is 1.20. The van der Waals surface area contributed by atoms with Gasteiger partial charge in [0, 0.05) is 51.9 Å². The number of hydrogen-bond donors (Lipinski definition) is 1. The minimum absolute atomic E-state index is 0.348. The van der Waals surface area contributed by atoms with E-state index >= 15 is 0 Å². The van der Waals surface area contributed by atoms with Gasteiger partial charge in [-0.25, -0.2) is 8.78 Å². The van der Waals surface area contributed by atoms with Crippen LogP contribution in [0.2, 0.25) is 0 Å². The van der Waals surface area contributed by atoms with Gasteiger partial charge in [0.25, 0.3) is 0 Å². The van der Waals surface area contributed by atoms with E-state index < -0.39 is 5.82 Å². The van der Waals surface area contributed by atoms with Crippen LogP contribution in [0.3, 0.4) is 0 Å². The number of nitrogens with zero attached hydrogens (tertiary/aromatic N) is 4. The van der Waals surface area contributed by atoms with Crippen LogP contribution in [0.15, 0.2) is 23.2 Å². The summed E-state index contributed by atoms with van der Waals surface area (Å²) in [5.74, 6) is 0.781. The van der Waals surface area contributed by atoms with Crippen LogP contribution < -0.4 is 10.2 Å². The first kappa shape index (κ1) is 18.9. The zero-order valence-electron chi connectivity index (χ0n) is 15.7. The topological polar surface area (TPSA) is 34.1 Å². The quantitative estimate of drug-likeness (QED) is 0.654. The SMILES string of the molecule is CCNC(=NCC1CCN(C)C1)N1CCN(c2cc(F)ccc2F)CC1. The van der Waals surface area contributed by atoms with Crippen LogP contribution in [0.5, 0.6) is 0 Å². The van der Waals surface area contributed by atoms with E-state index in [-0.39, 0.29) is 5.82 Å². The third-order valence-corrected chi connectivity index (χ3v) is 5.15. The normalized spacial score (nSPS) is 22.2. The first-order valence-corrected chi connectivity index (χ1v) is 9.48. The number of piperazine rings is 1. The monoisotopic (exact) mass is 365 g/mol. The number of halogens is 2. The standard InChI is InChI=1S/C19H29F2N5/c1-3-22-19(23-13-15-6-7-24(2)14-15)26-10-8-25(9-11-26)18-12-16(20)4-5-17(18)21/h4-5,12,15H,3,6-11,13-14H2,1-2H3,(H,22,23). The molecule has 2 aliphatic rings. The molecule has 2 fully saturated rings. The maximum absolute atomic E-state index is 14.0. The Morgan fingerprint density at radius 3 is 2.62 bits per heavy atom. The predicted molar refractivity (Wildman–Crippen MR) is 102 cm³/mol. The van der Waals surface area contributed by atoms with E-state index in [1.807, 2.05) is 4.90 Å². The van der Waals surface area contributed by atoms with Crippen LogP contribution in [-0.2, 0) is 0 Å². The Bertz CT molecular complexity index is 628. The van der Waals surface area contributed by atoms with Crippen molar-refractivity contribution in [3.8, 4) is 0 Å². The second-order valence-electron chi connectivity index (χ2n) is 7.18. The first-order valence-electron chi connectivity index (χ1n) is 9.48. The van der Waals surface area contributed by atoms with Gasteiger partial charge in [-0.15, -0.1) is 0 Å². The lowest BCUT2D eigenvalue weighted by Gasteiger charge is -2.37. The van der Waals surface area contributed by atoms with E-state index in [2.05, 4.69) is 29.1 Å². The third-order valence-electron chi connectivity index (χ3n) is 5.15. The fourth-order valence-electron chi connectivity index (χ4n) is 3.70. The molecule has 1 aromatic rings. The molecule has 0 aromatic heterocycles. The average Bonchev–Trinajstić information content (AvgIpc) is 3.06. The molecule has 26 heavy (non-hydrogen) atoms. The Morgan fingerprint density at radius 2 is 1.96 bits per heavy atom. The van der Waals surface area contributed by atoms with Crippen LogP contribution in [-0.4, -0.2) is 75.2 Å². The molecule has 3 rings (SSSR count). The van der Waals surface area contributed by atoms with Crippen LogP contribution in [0, 0.1) is 17.6 Å². The Morgan fingerprint density at radius 1 is 1.19 bits per heavy atom. The maximum Gasteiger partial charge on any atom is 0.194 e. The molecule has 0 aliphatic carbocycles.